The number of nitrogens with one attached hydrogen (secondary N) is 1. The van der Waals surface area contributed by atoms with E-state index in [4.69, 9.17) is 13.9 Å². The zero-order chi connectivity index (χ0) is 18.2. The largest absolute Gasteiger partial charge is 0.497 e. The number of carbonyl (C=O) groups excluding carboxylic acids is 1. The van der Waals surface area contributed by atoms with Crippen molar-refractivity contribution in [2.24, 2.45) is 11.0 Å². The van der Waals surface area contributed by atoms with Gasteiger partial charge < -0.3 is 13.9 Å². The van der Waals surface area contributed by atoms with Crippen molar-refractivity contribution in [1.29, 1.82) is 0 Å². The van der Waals surface area contributed by atoms with Crippen molar-refractivity contribution < 1.29 is 18.7 Å². The number of nitrogens with zero attached hydrogens (tertiary/aromatic N) is 1. The van der Waals surface area contributed by atoms with Crippen molar-refractivity contribution >= 4 is 12.1 Å². The van der Waals surface area contributed by atoms with Crippen LogP contribution in [0.1, 0.15) is 43.6 Å². The van der Waals surface area contributed by atoms with Crippen LogP contribution >= 0.6 is 0 Å². The van der Waals surface area contributed by atoms with E-state index in [0.29, 0.717) is 18.1 Å². The van der Waals surface area contributed by atoms with Crippen molar-refractivity contribution in [3.05, 3.63) is 47.9 Å². The van der Waals surface area contributed by atoms with E-state index in [9.17, 15) is 4.79 Å². The van der Waals surface area contributed by atoms with Crippen LogP contribution in [0.5, 0.6) is 11.5 Å². The van der Waals surface area contributed by atoms with Gasteiger partial charge in [-0.1, -0.05) is 19.3 Å². The minimum Gasteiger partial charge on any atom is -0.497 e. The van der Waals surface area contributed by atoms with Crippen molar-refractivity contribution in [2.45, 2.75) is 38.7 Å². The first-order chi connectivity index (χ1) is 12.7. The molecule has 0 bridgehead atoms. The van der Waals surface area contributed by atoms with Gasteiger partial charge in [0.2, 0.25) is 5.91 Å². The lowest BCUT2D eigenvalue weighted by molar-refractivity contribution is -0.125. The highest BCUT2D eigenvalue weighted by molar-refractivity contribution is 5.81. The third-order valence-corrected chi connectivity index (χ3v) is 4.47. The van der Waals surface area contributed by atoms with Gasteiger partial charge in [0.25, 0.3) is 0 Å². The topological polar surface area (TPSA) is 73.1 Å². The molecule has 3 rings (SSSR count). The van der Waals surface area contributed by atoms with Gasteiger partial charge in [0, 0.05) is 5.92 Å². The molecule has 0 aliphatic heterocycles. The minimum absolute atomic E-state index is 0.00410. The van der Waals surface area contributed by atoms with E-state index >= 15 is 0 Å². The van der Waals surface area contributed by atoms with E-state index in [-0.39, 0.29) is 11.8 Å². The predicted molar refractivity (Wildman–Crippen MR) is 98.3 cm³/mol. The van der Waals surface area contributed by atoms with Crippen molar-refractivity contribution in [3.63, 3.8) is 0 Å². The zero-order valence-electron chi connectivity index (χ0n) is 14.9. The number of hydrogen-bond donors (Lipinski definition) is 1. The first-order valence-electron chi connectivity index (χ1n) is 8.93. The Morgan fingerprint density at radius 3 is 2.62 bits per heavy atom. The lowest BCUT2D eigenvalue weighted by atomic mass is 9.89. The smallest absolute Gasteiger partial charge is 0.243 e. The number of benzene rings is 1. The summed E-state index contributed by atoms with van der Waals surface area (Å²) in [5.41, 5.74) is 2.61. The summed E-state index contributed by atoms with van der Waals surface area (Å²) in [5.74, 6) is 2.85. The van der Waals surface area contributed by atoms with Gasteiger partial charge in [0.15, 0.2) is 0 Å². The molecular formula is C20H24N2O4. The Kier molecular flexibility index (Phi) is 6.30. The van der Waals surface area contributed by atoms with Crippen LogP contribution < -0.4 is 14.9 Å². The molecule has 6 heteroatoms. The van der Waals surface area contributed by atoms with Crippen LogP contribution in [0, 0.1) is 5.92 Å². The summed E-state index contributed by atoms with van der Waals surface area (Å²) in [6, 6.07) is 11.0. The summed E-state index contributed by atoms with van der Waals surface area (Å²) < 4.78 is 16.4. The first-order valence-corrected chi connectivity index (χ1v) is 8.93. The highest BCUT2D eigenvalue weighted by Gasteiger charge is 2.20. The summed E-state index contributed by atoms with van der Waals surface area (Å²) in [6.45, 7) is 0.314. The lowest BCUT2D eigenvalue weighted by Crippen LogP contribution is -2.28. The first kappa shape index (κ1) is 18.0. The molecule has 1 heterocycles. The minimum atomic E-state index is -0.00410. The second-order valence-electron chi connectivity index (χ2n) is 6.34. The quantitative estimate of drug-likeness (QED) is 0.603. The number of carbonyl (C=O) groups is 1. The average Bonchev–Trinajstić information content (AvgIpc) is 3.15. The van der Waals surface area contributed by atoms with Gasteiger partial charge in [-0.05, 0) is 49.2 Å². The summed E-state index contributed by atoms with van der Waals surface area (Å²) in [6.07, 6.45) is 6.89. The molecule has 0 atom stereocenters. The van der Waals surface area contributed by atoms with E-state index in [1.807, 2.05) is 30.3 Å². The van der Waals surface area contributed by atoms with E-state index in [0.717, 1.165) is 37.2 Å². The number of furan rings is 1. The van der Waals surface area contributed by atoms with Gasteiger partial charge in [-0.2, -0.15) is 5.10 Å². The molecule has 1 aliphatic carbocycles. The molecule has 0 radical (unpaired) electrons. The second kappa shape index (κ2) is 9.08. The molecule has 1 saturated carbocycles. The Bertz CT molecular complexity index is 731. The Balaban J connectivity index is 1.45. The normalized spacial score (nSPS) is 15.1. The number of hydrazone groups is 1. The number of ether oxygens (including phenoxy) is 2. The third kappa shape index (κ3) is 5.12. The van der Waals surface area contributed by atoms with Crippen molar-refractivity contribution in [1.82, 2.24) is 5.43 Å². The van der Waals surface area contributed by atoms with Crippen molar-refractivity contribution in [3.8, 4) is 11.5 Å². The van der Waals surface area contributed by atoms with Crippen LogP contribution in [0.4, 0.5) is 0 Å². The van der Waals surface area contributed by atoms with Gasteiger partial charge in [0.05, 0.1) is 13.3 Å². The van der Waals surface area contributed by atoms with Crippen LogP contribution in [-0.4, -0.2) is 19.2 Å². The maximum Gasteiger partial charge on any atom is 0.243 e. The molecule has 1 aromatic heterocycles. The van der Waals surface area contributed by atoms with Crippen LogP contribution in [0.2, 0.25) is 0 Å². The average molecular weight is 356 g/mol. The van der Waals surface area contributed by atoms with Gasteiger partial charge in [-0.15, -0.1) is 0 Å². The highest BCUT2D eigenvalue weighted by atomic mass is 16.5. The Morgan fingerprint density at radius 2 is 1.88 bits per heavy atom. The Morgan fingerprint density at radius 1 is 1.15 bits per heavy atom. The predicted octanol–water partition coefficient (Wildman–Crippen LogP) is 3.90. The highest BCUT2D eigenvalue weighted by Crippen LogP contribution is 2.23. The maximum atomic E-state index is 12.0. The number of rotatable bonds is 7. The van der Waals surface area contributed by atoms with Gasteiger partial charge in [0.1, 0.15) is 29.6 Å². The summed E-state index contributed by atoms with van der Waals surface area (Å²) >= 11 is 0. The monoisotopic (exact) mass is 356 g/mol. The van der Waals surface area contributed by atoms with Gasteiger partial charge in [-0.25, -0.2) is 5.43 Å². The Hall–Kier alpha value is -2.76. The zero-order valence-corrected chi connectivity index (χ0v) is 14.9. The maximum absolute atomic E-state index is 12.0. The summed E-state index contributed by atoms with van der Waals surface area (Å²) in [5, 5.41) is 3.99. The Labute approximate surface area is 153 Å². The standard InChI is InChI=1S/C20H24N2O4/c1-24-16-7-9-17(10-8-16)25-14-19-12-11-18(26-19)13-21-22-20(23)15-5-3-2-4-6-15/h7-13,15H,2-6,14H2,1H3,(H,22,23). The second-order valence-corrected chi connectivity index (χ2v) is 6.34. The molecule has 1 amide bonds. The molecule has 0 saturated heterocycles. The molecule has 1 N–H and O–H groups in total. The molecule has 6 nitrogen and oxygen atoms in total. The number of hydrogen-bond acceptors (Lipinski definition) is 5. The summed E-state index contributed by atoms with van der Waals surface area (Å²) in [4.78, 5) is 12.0. The fourth-order valence-electron chi connectivity index (χ4n) is 2.98. The van der Waals surface area contributed by atoms with Crippen molar-refractivity contribution in [2.75, 3.05) is 7.11 Å². The van der Waals surface area contributed by atoms with E-state index < -0.39 is 0 Å². The van der Waals surface area contributed by atoms with Gasteiger partial charge >= 0.3 is 0 Å². The van der Waals surface area contributed by atoms with E-state index in [1.54, 1.807) is 13.2 Å². The molecule has 26 heavy (non-hydrogen) atoms. The third-order valence-electron chi connectivity index (χ3n) is 4.47. The fraction of sp³-hybridized carbons (Fsp3) is 0.400. The number of amides is 1. The molecule has 2 aromatic rings. The van der Waals surface area contributed by atoms with Crippen LogP contribution in [-0.2, 0) is 11.4 Å². The van der Waals surface area contributed by atoms with Gasteiger partial charge in [-0.3, -0.25) is 4.79 Å². The van der Waals surface area contributed by atoms with E-state index in [2.05, 4.69) is 10.5 Å². The molecular weight excluding hydrogens is 332 g/mol. The summed E-state index contributed by atoms with van der Waals surface area (Å²) in [7, 11) is 1.62. The number of methoxy groups -OCH3 is 1. The fourth-order valence-corrected chi connectivity index (χ4v) is 2.98. The molecule has 0 spiro atoms. The molecule has 1 fully saturated rings. The van der Waals surface area contributed by atoms with Crippen LogP contribution in [0.15, 0.2) is 45.9 Å². The van der Waals surface area contributed by atoms with Crippen LogP contribution in [0.3, 0.4) is 0 Å². The molecule has 138 valence electrons. The SMILES string of the molecule is COc1ccc(OCc2ccc(C=NNC(=O)C3CCCCC3)o2)cc1. The van der Waals surface area contributed by atoms with Crippen LogP contribution in [0.25, 0.3) is 0 Å². The molecule has 0 unspecified atom stereocenters. The molecule has 1 aliphatic rings. The lowest BCUT2D eigenvalue weighted by Gasteiger charge is -2.19. The van der Waals surface area contributed by atoms with E-state index in [1.165, 1.54) is 12.6 Å². The molecule has 1 aromatic carbocycles.